The average molecular weight is 445 g/mol. The van der Waals surface area contributed by atoms with Crippen molar-refractivity contribution in [2.75, 3.05) is 24.9 Å². The smallest absolute Gasteiger partial charge is 0.291 e. The summed E-state index contributed by atoms with van der Waals surface area (Å²) >= 11 is 3.15. The van der Waals surface area contributed by atoms with Gasteiger partial charge in [-0.05, 0) is 46.3 Å². The van der Waals surface area contributed by atoms with Crippen LogP contribution in [0.25, 0.3) is 0 Å². The number of benzene rings is 2. The molecule has 28 heavy (non-hydrogen) atoms. The van der Waals surface area contributed by atoms with E-state index >= 15 is 0 Å². The number of hydrogen-bond acceptors (Lipinski definition) is 5. The van der Waals surface area contributed by atoms with E-state index < -0.39 is 5.91 Å². The second-order valence-electron chi connectivity index (χ2n) is 5.69. The summed E-state index contributed by atoms with van der Waals surface area (Å²) in [6.45, 7) is 0. The van der Waals surface area contributed by atoms with Crippen molar-refractivity contribution in [2.24, 2.45) is 0 Å². The van der Waals surface area contributed by atoms with Crippen LogP contribution in [0.5, 0.6) is 11.5 Å². The Morgan fingerprint density at radius 1 is 0.857 bits per heavy atom. The van der Waals surface area contributed by atoms with E-state index in [1.165, 1.54) is 14.2 Å². The third-order valence-corrected chi connectivity index (χ3v) is 4.22. The van der Waals surface area contributed by atoms with Gasteiger partial charge in [0.05, 0.1) is 14.2 Å². The molecule has 2 N–H and O–H groups in total. The summed E-state index contributed by atoms with van der Waals surface area (Å²) in [6, 6.07) is 14.8. The quantitative estimate of drug-likeness (QED) is 0.581. The molecule has 2 aromatic carbocycles. The van der Waals surface area contributed by atoms with Crippen LogP contribution in [-0.2, 0) is 0 Å². The van der Waals surface area contributed by atoms with Crippen molar-refractivity contribution in [1.29, 1.82) is 0 Å². The van der Waals surface area contributed by atoms with Gasteiger partial charge < -0.3 is 24.5 Å². The lowest BCUT2D eigenvalue weighted by molar-refractivity contribution is 0.0992. The van der Waals surface area contributed by atoms with Crippen molar-refractivity contribution < 1.29 is 23.5 Å². The molecule has 2 amide bonds. The maximum atomic E-state index is 12.6. The van der Waals surface area contributed by atoms with E-state index in [2.05, 4.69) is 26.6 Å². The Balaban J connectivity index is 1.74. The second kappa shape index (κ2) is 8.62. The fourth-order valence-corrected chi connectivity index (χ4v) is 2.76. The number of hydrogen-bond donors (Lipinski definition) is 2. The van der Waals surface area contributed by atoms with Gasteiger partial charge in [-0.2, -0.15) is 0 Å². The summed E-state index contributed by atoms with van der Waals surface area (Å²) in [5, 5.41) is 5.48. The molecular weight excluding hydrogens is 428 g/mol. The minimum Gasteiger partial charge on any atom is -0.497 e. The van der Waals surface area contributed by atoms with Crippen LogP contribution in [-0.4, -0.2) is 26.0 Å². The van der Waals surface area contributed by atoms with Crippen molar-refractivity contribution in [3.8, 4) is 11.5 Å². The SMILES string of the molecule is COc1cc(NC(=O)c2cccc(NC(=O)c3ccc(Br)o3)c2)cc(OC)c1. The molecule has 7 nitrogen and oxygen atoms in total. The first-order valence-corrected chi connectivity index (χ1v) is 8.99. The van der Waals surface area contributed by atoms with Gasteiger partial charge in [0.15, 0.2) is 10.4 Å². The first-order chi connectivity index (χ1) is 13.5. The highest BCUT2D eigenvalue weighted by Crippen LogP contribution is 2.26. The highest BCUT2D eigenvalue weighted by atomic mass is 79.9. The standard InChI is InChI=1S/C20H17BrN2O5/c1-26-15-9-14(10-16(11-15)27-2)23-19(24)12-4-3-5-13(8-12)22-20(25)17-6-7-18(21)28-17/h3-11H,1-2H3,(H,22,25)(H,23,24). The van der Waals surface area contributed by atoms with Gasteiger partial charge in [0.2, 0.25) is 0 Å². The molecule has 0 aliphatic rings. The molecule has 0 fully saturated rings. The van der Waals surface area contributed by atoms with Crippen LogP contribution in [0.4, 0.5) is 11.4 Å². The average Bonchev–Trinajstić information content (AvgIpc) is 3.14. The third kappa shape index (κ3) is 4.72. The van der Waals surface area contributed by atoms with Gasteiger partial charge in [-0.1, -0.05) is 6.07 Å². The molecular formula is C20H17BrN2O5. The number of carbonyl (C=O) groups excluding carboxylic acids is 2. The number of halogens is 1. The first-order valence-electron chi connectivity index (χ1n) is 8.19. The Kier molecular flexibility index (Phi) is 6.00. The summed E-state index contributed by atoms with van der Waals surface area (Å²) in [4.78, 5) is 24.8. The van der Waals surface area contributed by atoms with Crippen molar-refractivity contribution in [3.05, 3.63) is 70.6 Å². The van der Waals surface area contributed by atoms with Crippen LogP contribution in [0.1, 0.15) is 20.9 Å². The minimum atomic E-state index is -0.416. The molecule has 0 bridgehead atoms. The number of furan rings is 1. The predicted octanol–water partition coefficient (Wildman–Crippen LogP) is 4.56. The van der Waals surface area contributed by atoms with E-state index in [4.69, 9.17) is 13.9 Å². The van der Waals surface area contributed by atoms with Crippen LogP contribution in [0, 0.1) is 0 Å². The van der Waals surface area contributed by atoms with E-state index in [0.717, 1.165) is 0 Å². The van der Waals surface area contributed by atoms with Gasteiger partial charge in [0.1, 0.15) is 11.5 Å². The van der Waals surface area contributed by atoms with Gasteiger partial charge in [-0.15, -0.1) is 0 Å². The topological polar surface area (TPSA) is 89.8 Å². The summed E-state index contributed by atoms with van der Waals surface area (Å²) < 4.78 is 16.1. The number of nitrogens with one attached hydrogen (secondary N) is 2. The van der Waals surface area contributed by atoms with Crippen LogP contribution in [0.2, 0.25) is 0 Å². The van der Waals surface area contributed by atoms with Gasteiger partial charge in [0, 0.05) is 35.1 Å². The molecule has 0 aliphatic heterocycles. The van der Waals surface area contributed by atoms with E-state index in [-0.39, 0.29) is 11.7 Å². The zero-order valence-corrected chi connectivity index (χ0v) is 16.7. The fourth-order valence-electron chi connectivity index (χ4n) is 2.45. The van der Waals surface area contributed by atoms with Crippen molar-refractivity contribution >= 4 is 39.1 Å². The Bertz CT molecular complexity index is 993. The lowest BCUT2D eigenvalue weighted by atomic mass is 10.1. The maximum Gasteiger partial charge on any atom is 0.291 e. The van der Waals surface area contributed by atoms with Crippen LogP contribution < -0.4 is 20.1 Å². The molecule has 0 saturated carbocycles. The molecule has 0 saturated heterocycles. The Morgan fingerprint density at radius 2 is 1.54 bits per heavy atom. The third-order valence-electron chi connectivity index (χ3n) is 3.79. The zero-order valence-electron chi connectivity index (χ0n) is 15.1. The van der Waals surface area contributed by atoms with E-state index in [1.54, 1.807) is 54.6 Å². The number of rotatable bonds is 6. The second-order valence-corrected chi connectivity index (χ2v) is 6.48. The molecule has 0 spiro atoms. The number of amides is 2. The van der Waals surface area contributed by atoms with Gasteiger partial charge in [0.25, 0.3) is 11.8 Å². The normalized spacial score (nSPS) is 10.2. The molecule has 0 aliphatic carbocycles. The Hall–Kier alpha value is -3.26. The van der Waals surface area contributed by atoms with Crippen molar-refractivity contribution in [3.63, 3.8) is 0 Å². The molecule has 0 atom stereocenters. The zero-order chi connectivity index (χ0) is 20.1. The lowest BCUT2D eigenvalue weighted by Crippen LogP contribution is -2.14. The maximum absolute atomic E-state index is 12.6. The monoisotopic (exact) mass is 444 g/mol. The van der Waals surface area contributed by atoms with Crippen LogP contribution in [0.3, 0.4) is 0 Å². The summed E-state index contributed by atoms with van der Waals surface area (Å²) in [5.41, 5.74) is 1.37. The Labute approximate surface area is 169 Å². The van der Waals surface area contributed by atoms with Crippen LogP contribution in [0.15, 0.2) is 63.7 Å². The highest BCUT2D eigenvalue weighted by Gasteiger charge is 2.13. The van der Waals surface area contributed by atoms with E-state index in [0.29, 0.717) is 33.1 Å². The van der Waals surface area contributed by atoms with Crippen LogP contribution >= 0.6 is 15.9 Å². The van der Waals surface area contributed by atoms with E-state index in [9.17, 15) is 9.59 Å². The van der Waals surface area contributed by atoms with Gasteiger partial charge in [-0.3, -0.25) is 9.59 Å². The van der Waals surface area contributed by atoms with Crippen molar-refractivity contribution in [1.82, 2.24) is 0 Å². The summed E-state index contributed by atoms with van der Waals surface area (Å²) in [6.07, 6.45) is 0. The molecule has 0 radical (unpaired) electrons. The number of anilines is 2. The van der Waals surface area contributed by atoms with Gasteiger partial charge in [-0.25, -0.2) is 0 Å². The molecule has 8 heteroatoms. The first kappa shape index (κ1) is 19.5. The summed E-state index contributed by atoms with van der Waals surface area (Å²) in [5.74, 6) is 0.513. The highest BCUT2D eigenvalue weighted by molar-refractivity contribution is 9.10. The minimum absolute atomic E-state index is 0.158. The lowest BCUT2D eigenvalue weighted by Gasteiger charge is -2.11. The molecule has 3 rings (SSSR count). The molecule has 144 valence electrons. The molecule has 1 aromatic heterocycles. The molecule has 3 aromatic rings. The number of ether oxygens (including phenoxy) is 2. The largest absolute Gasteiger partial charge is 0.497 e. The van der Waals surface area contributed by atoms with Crippen molar-refractivity contribution in [2.45, 2.75) is 0 Å². The fraction of sp³-hybridized carbons (Fsp3) is 0.100. The Morgan fingerprint density at radius 3 is 2.14 bits per heavy atom. The predicted molar refractivity (Wildman–Crippen MR) is 108 cm³/mol. The summed E-state index contributed by atoms with van der Waals surface area (Å²) in [7, 11) is 3.06. The number of methoxy groups -OCH3 is 2. The molecule has 1 heterocycles. The van der Waals surface area contributed by atoms with Gasteiger partial charge >= 0.3 is 0 Å². The molecule has 0 unspecified atom stereocenters. The van der Waals surface area contributed by atoms with E-state index in [1.807, 2.05) is 0 Å². The number of carbonyl (C=O) groups is 2.